The molecule has 0 saturated carbocycles. The van der Waals surface area contributed by atoms with Crippen LogP contribution in [-0.4, -0.2) is 29.6 Å². The highest BCUT2D eigenvalue weighted by atomic mass is 16.5. The average Bonchev–Trinajstić information content (AvgIpc) is 2.78. The maximum atomic E-state index is 11.8. The normalized spacial score (nSPS) is 17.5. The zero-order valence-corrected chi connectivity index (χ0v) is 11.0. The zero-order chi connectivity index (χ0) is 14.0. The maximum Gasteiger partial charge on any atom is 0.318 e. The number of fused-ring (bicyclic) bond motifs is 1. The minimum absolute atomic E-state index is 0.133. The molecule has 2 rings (SSSR count). The molecule has 1 aliphatic heterocycles. The van der Waals surface area contributed by atoms with Gasteiger partial charge in [0, 0.05) is 6.42 Å². The Bertz CT molecular complexity index is 485. The molecule has 0 aromatic heterocycles. The number of ether oxygens (including phenoxy) is 1. The third kappa shape index (κ3) is 2.70. The monoisotopic (exact) mass is 263 g/mol. The lowest BCUT2D eigenvalue weighted by molar-refractivity contribution is -0.153. The standard InChI is InChI=1S/C14H17NO4/c1-14(2,13(17)18)12(16)15-8-10-7-9-5-3-4-6-11(9)19-10/h3-6,10H,7-8H2,1-2H3,(H,15,16)(H,17,18). The highest BCUT2D eigenvalue weighted by molar-refractivity contribution is 6.00. The van der Waals surface area contributed by atoms with Crippen LogP contribution < -0.4 is 10.1 Å². The van der Waals surface area contributed by atoms with Crippen LogP contribution in [0.4, 0.5) is 0 Å². The molecule has 1 heterocycles. The Hall–Kier alpha value is -2.04. The molecule has 5 heteroatoms. The molecule has 5 nitrogen and oxygen atoms in total. The lowest BCUT2D eigenvalue weighted by Gasteiger charge is -2.20. The number of aliphatic carboxylic acids is 1. The maximum absolute atomic E-state index is 11.8. The van der Waals surface area contributed by atoms with Gasteiger partial charge >= 0.3 is 5.97 Å². The molecular weight excluding hydrogens is 246 g/mol. The average molecular weight is 263 g/mol. The summed E-state index contributed by atoms with van der Waals surface area (Å²) in [5, 5.41) is 11.6. The molecule has 0 radical (unpaired) electrons. The van der Waals surface area contributed by atoms with Crippen LogP contribution in [0.5, 0.6) is 5.75 Å². The first-order chi connectivity index (χ1) is 8.91. The number of carboxylic acid groups (broad SMARTS) is 1. The number of nitrogens with one attached hydrogen (secondary N) is 1. The van der Waals surface area contributed by atoms with E-state index in [1.807, 2.05) is 24.3 Å². The van der Waals surface area contributed by atoms with Gasteiger partial charge in [0.1, 0.15) is 17.3 Å². The van der Waals surface area contributed by atoms with Crippen molar-refractivity contribution in [3.8, 4) is 5.75 Å². The fraction of sp³-hybridized carbons (Fsp3) is 0.429. The fourth-order valence-electron chi connectivity index (χ4n) is 1.89. The van der Waals surface area contributed by atoms with Crippen molar-refractivity contribution in [3.63, 3.8) is 0 Å². The van der Waals surface area contributed by atoms with Gasteiger partial charge < -0.3 is 15.2 Å². The Balaban J connectivity index is 1.89. The van der Waals surface area contributed by atoms with Crippen molar-refractivity contribution >= 4 is 11.9 Å². The quantitative estimate of drug-likeness (QED) is 0.801. The van der Waals surface area contributed by atoms with Crippen molar-refractivity contribution in [1.82, 2.24) is 5.32 Å². The molecule has 1 aromatic rings. The van der Waals surface area contributed by atoms with E-state index >= 15 is 0 Å². The predicted molar refractivity (Wildman–Crippen MR) is 69.0 cm³/mol. The number of rotatable bonds is 4. The number of carbonyl (C=O) groups is 2. The van der Waals surface area contributed by atoms with Crippen LogP contribution in [0.2, 0.25) is 0 Å². The first kappa shape index (κ1) is 13.4. The summed E-state index contributed by atoms with van der Waals surface area (Å²) in [6.07, 6.45) is 0.593. The van der Waals surface area contributed by atoms with E-state index in [0.717, 1.165) is 17.7 Å². The molecule has 0 saturated heterocycles. The van der Waals surface area contributed by atoms with Gasteiger partial charge in [0.25, 0.3) is 0 Å². The van der Waals surface area contributed by atoms with E-state index in [9.17, 15) is 9.59 Å². The van der Waals surface area contributed by atoms with Gasteiger partial charge in [-0.25, -0.2) is 0 Å². The molecule has 0 aliphatic carbocycles. The highest BCUT2D eigenvalue weighted by Gasteiger charge is 2.36. The van der Waals surface area contributed by atoms with Crippen molar-refractivity contribution in [2.24, 2.45) is 5.41 Å². The summed E-state index contributed by atoms with van der Waals surface area (Å²) < 4.78 is 5.67. The third-order valence-electron chi connectivity index (χ3n) is 3.31. The summed E-state index contributed by atoms with van der Waals surface area (Å²) in [6, 6.07) is 7.71. The lowest BCUT2D eigenvalue weighted by Crippen LogP contribution is -2.45. The minimum Gasteiger partial charge on any atom is -0.488 e. The second-order valence-electron chi connectivity index (χ2n) is 5.19. The smallest absolute Gasteiger partial charge is 0.318 e. The summed E-state index contributed by atoms with van der Waals surface area (Å²) in [7, 11) is 0. The number of amides is 1. The van der Waals surface area contributed by atoms with Gasteiger partial charge in [-0.2, -0.15) is 0 Å². The van der Waals surface area contributed by atoms with Crippen molar-refractivity contribution in [3.05, 3.63) is 29.8 Å². The molecule has 0 spiro atoms. The topological polar surface area (TPSA) is 75.6 Å². The van der Waals surface area contributed by atoms with Crippen molar-refractivity contribution in [2.45, 2.75) is 26.4 Å². The molecule has 19 heavy (non-hydrogen) atoms. The molecule has 1 atom stereocenters. The minimum atomic E-state index is -1.43. The summed E-state index contributed by atoms with van der Waals surface area (Å²) in [4.78, 5) is 22.7. The fourth-order valence-corrected chi connectivity index (χ4v) is 1.89. The Morgan fingerprint density at radius 3 is 2.74 bits per heavy atom. The number of hydrogen-bond acceptors (Lipinski definition) is 3. The van der Waals surface area contributed by atoms with Crippen LogP contribution in [-0.2, 0) is 16.0 Å². The summed E-state index contributed by atoms with van der Waals surface area (Å²) in [6.45, 7) is 3.08. The van der Waals surface area contributed by atoms with E-state index in [1.54, 1.807) is 0 Å². The van der Waals surface area contributed by atoms with E-state index in [4.69, 9.17) is 9.84 Å². The Kier molecular flexibility index (Phi) is 3.46. The molecule has 102 valence electrons. The number of benzene rings is 1. The van der Waals surface area contributed by atoms with Gasteiger partial charge in [0.05, 0.1) is 6.54 Å². The van der Waals surface area contributed by atoms with E-state index in [0.29, 0.717) is 6.54 Å². The van der Waals surface area contributed by atoms with Crippen LogP contribution in [0.3, 0.4) is 0 Å². The SMILES string of the molecule is CC(C)(C(=O)O)C(=O)NCC1Cc2ccccc2O1. The van der Waals surface area contributed by atoms with Gasteiger partial charge in [-0.05, 0) is 25.5 Å². The van der Waals surface area contributed by atoms with E-state index in [2.05, 4.69) is 5.32 Å². The molecule has 1 aliphatic rings. The van der Waals surface area contributed by atoms with Crippen LogP contribution in [0.25, 0.3) is 0 Å². The Morgan fingerprint density at radius 2 is 2.11 bits per heavy atom. The van der Waals surface area contributed by atoms with Crippen LogP contribution in [0, 0.1) is 5.41 Å². The molecule has 0 bridgehead atoms. The summed E-state index contributed by atoms with van der Waals surface area (Å²) >= 11 is 0. The zero-order valence-electron chi connectivity index (χ0n) is 11.0. The van der Waals surface area contributed by atoms with Gasteiger partial charge in [0.15, 0.2) is 0 Å². The summed E-state index contributed by atoms with van der Waals surface area (Å²) in [5.41, 5.74) is -0.315. The largest absolute Gasteiger partial charge is 0.488 e. The second-order valence-corrected chi connectivity index (χ2v) is 5.19. The van der Waals surface area contributed by atoms with Crippen LogP contribution in [0.1, 0.15) is 19.4 Å². The van der Waals surface area contributed by atoms with Gasteiger partial charge in [-0.1, -0.05) is 18.2 Å². The number of carboxylic acids is 1. The first-order valence-electron chi connectivity index (χ1n) is 6.17. The van der Waals surface area contributed by atoms with Crippen molar-refractivity contribution in [2.75, 3.05) is 6.54 Å². The Labute approximate surface area is 111 Å². The predicted octanol–water partition coefficient (Wildman–Crippen LogP) is 1.22. The lowest BCUT2D eigenvalue weighted by atomic mass is 9.92. The Morgan fingerprint density at radius 1 is 1.42 bits per heavy atom. The van der Waals surface area contributed by atoms with Gasteiger partial charge in [0.2, 0.25) is 5.91 Å². The molecule has 0 fully saturated rings. The molecular formula is C14H17NO4. The van der Waals surface area contributed by atoms with E-state index in [1.165, 1.54) is 13.8 Å². The van der Waals surface area contributed by atoms with E-state index in [-0.39, 0.29) is 6.10 Å². The first-order valence-corrected chi connectivity index (χ1v) is 6.17. The van der Waals surface area contributed by atoms with Crippen LogP contribution in [0.15, 0.2) is 24.3 Å². The molecule has 1 unspecified atom stereocenters. The van der Waals surface area contributed by atoms with Crippen LogP contribution >= 0.6 is 0 Å². The number of hydrogen-bond donors (Lipinski definition) is 2. The second kappa shape index (κ2) is 4.91. The van der Waals surface area contributed by atoms with Crippen molar-refractivity contribution in [1.29, 1.82) is 0 Å². The highest BCUT2D eigenvalue weighted by Crippen LogP contribution is 2.27. The van der Waals surface area contributed by atoms with Gasteiger partial charge in [-0.3, -0.25) is 9.59 Å². The molecule has 2 N–H and O–H groups in total. The number of carbonyl (C=O) groups excluding carboxylic acids is 1. The molecule has 1 aromatic carbocycles. The molecule has 1 amide bonds. The number of para-hydroxylation sites is 1. The summed E-state index contributed by atoms with van der Waals surface area (Å²) in [5.74, 6) is -0.806. The van der Waals surface area contributed by atoms with E-state index < -0.39 is 17.3 Å². The third-order valence-corrected chi connectivity index (χ3v) is 3.31. The van der Waals surface area contributed by atoms with Gasteiger partial charge in [-0.15, -0.1) is 0 Å². The van der Waals surface area contributed by atoms with Crippen molar-refractivity contribution < 1.29 is 19.4 Å².